The smallest absolute Gasteiger partial charge is 0.290 e. The first kappa shape index (κ1) is 19.1. The second-order valence-electron chi connectivity index (χ2n) is 6.48. The average molecular weight is 456 g/mol. The zero-order chi connectivity index (χ0) is 20.4. The van der Waals surface area contributed by atoms with Gasteiger partial charge in [-0.1, -0.05) is 28.1 Å². The fourth-order valence-corrected chi connectivity index (χ4v) is 3.33. The monoisotopic (exact) mass is 455 g/mol. The van der Waals surface area contributed by atoms with Crippen molar-refractivity contribution in [2.24, 2.45) is 0 Å². The van der Waals surface area contributed by atoms with Crippen LogP contribution in [0.4, 0.5) is 4.39 Å². The minimum Gasteiger partial charge on any atom is -0.467 e. The topological polar surface area (TPSA) is 63.7 Å². The number of furan rings is 1. The van der Waals surface area contributed by atoms with Crippen LogP contribution >= 0.6 is 15.9 Å². The van der Waals surface area contributed by atoms with Crippen LogP contribution in [0.2, 0.25) is 0 Å². The fourth-order valence-electron chi connectivity index (χ4n) is 2.99. The molecule has 4 rings (SSSR count). The zero-order valence-electron chi connectivity index (χ0n) is 15.1. The summed E-state index contributed by atoms with van der Waals surface area (Å²) in [7, 11) is 0. The summed E-state index contributed by atoms with van der Waals surface area (Å²) in [6, 6.07) is 15.6. The highest BCUT2D eigenvalue weighted by Crippen LogP contribution is 2.20. The third kappa shape index (κ3) is 4.30. The maximum Gasteiger partial charge on any atom is 0.290 e. The summed E-state index contributed by atoms with van der Waals surface area (Å²) >= 11 is 3.34. The highest BCUT2D eigenvalue weighted by Gasteiger charge is 2.21. The molecule has 2 heterocycles. The molecule has 0 radical (unpaired) electrons. The molecule has 0 N–H and O–H groups in total. The summed E-state index contributed by atoms with van der Waals surface area (Å²) in [6.45, 7) is 0.365. The van der Waals surface area contributed by atoms with E-state index in [0.717, 1.165) is 10.0 Å². The Kier molecular flexibility index (Phi) is 5.31. The number of carbonyl (C=O) groups excluding carboxylic acids is 1. The minimum absolute atomic E-state index is 0.0748. The predicted molar refractivity (Wildman–Crippen MR) is 109 cm³/mol. The van der Waals surface area contributed by atoms with Gasteiger partial charge in [0.15, 0.2) is 11.2 Å². The number of fused-ring (bicyclic) bond motifs is 1. The lowest BCUT2D eigenvalue weighted by Gasteiger charge is -2.21. The Hall–Kier alpha value is -3.19. The van der Waals surface area contributed by atoms with Gasteiger partial charge in [0.25, 0.3) is 5.91 Å². The van der Waals surface area contributed by atoms with Crippen molar-refractivity contribution in [2.75, 3.05) is 0 Å². The Morgan fingerprint density at radius 3 is 2.55 bits per heavy atom. The van der Waals surface area contributed by atoms with Gasteiger partial charge in [-0.3, -0.25) is 9.59 Å². The molecule has 0 aliphatic carbocycles. The number of carbonyl (C=O) groups is 1. The van der Waals surface area contributed by atoms with Crippen molar-refractivity contribution in [1.29, 1.82) is 0 Å². The predicted octanol–water partition coefficient (Wildman–Crippen LogP) is 5.13. The lowest BCUT2D eigenvalue weighted by molar-refractivity contribution is 0.0686. The number of nitrogens with zero attached hydrogens (tertiary/aromatic N) is 1. The van der Waals surface area contributed by atoms with Crippen LogP contribution in [-0.4, -0.2) is 10.8 Å². The van der Waals surface area contributed by atoms with Gasteiger partial charge in [-0.25, -0.2) is 4.39 Å². The summed E-state index contributed by atoms with van der Waals surface area (Å²) in [5, 5.41) is 0.390. The number of hydrogen-bond donors (Lipinski definition) is 0. The molecule has 0 spiro atoms. The van der Waals surface area contributed by atoms with E-state index >= 15 is 0 Å². The molecule has 7 heteroatoms. The molecule has 29 heavy (non-hydrogen) atoms. The van der Waals surface area contributed by atoms with Crippen LogP contribution in [0.1, 0.15) is 21.9 Å². The van der Waals surface area contributed by atoms with Crippen LogP contribution < -0.4 is 5.43 Å². The Bertz CT molecular complexity index is 1220. The third-order valence-corrected chi connectivity index (χ3v) is 4.90. The lowest BCUT2D eigenvalue weighted by Crippen LogP contribution is -2.30. The molecular formula is C22H15BrFNO4. The van der Waals surface area contributed by atoms with Gasteiger partial charge in [0.2, 0.25) is 0 Å². The second-order valence-corrected chi connectivity index (χ2v) is 7.40. The number of halogens is 2. The van der Waals surface area contributed by atoms with E-state index in [4.69, 9.17) is 8.83 Å². The Labute approximate surface area is 173 Å². The van der Waals surface area contributed by atoms with Crippen LogP contribution in [0.25, 0.3) is 11.0 Å². The van der Waals surface area contributed by atoms with Crippen molar-refractivity contribution in [1.82, 2.24) is 4.90 Å². The Morgan fingerprint density at radius 1 is 1.03 bits per heavy atom. The molecule has 2 aromatic heterocycles. The van der Waals surface area contributed by atoms with E-state index < -0.39 is 5.91 Å². The first-order valence-corrected chi connectivity index (χ1v) is 9.58. The van der Waals surface area contributed by atoms with E-state index in [1.807, 2.05) is 0 Å². The normalized spacial score (nSPS) is 11.0. The summed E-state index contributed by atoms with van der Waals surface area (Å²) in [4.78, 5) is 27.1. The highest BCUT2D eigenvalue weighted by molar-refractivity contribution is 9.10. The minimum atomic E-state index is -0.468. The molecule has 2 aromatic carbocycles. The lowest BCUT2D eigenvalue weighted by atomic mass is 10.2. The van der Waals surface area contributed by atoms with Gasteiger partial charge in [0.05, 0.1) is 18.2 Å². The molecule has 0 saturated carbocycles. The van der Waals surface area contributed by atoms with Crippen LogP contribution in [0.3, 0.4) is 0 Å². The maximum absolute atomic E-state index is 13.2. The van der Waals surface area contributed by atoms with Crippen molar-refractivity contribution in [3.05, 3.63) is 105 Å². The SMILES string of the molecule is O=C(c1cc(=O)c2ccc(Br)cc2o1)N(Cc1ccc(F)cc1)Cc1ccco1. The first-order valence-electron chi connectivity index (χ1n) is 8.79. The quantitative estimate of drug-likeness (QED) is 0.418. The average Bonchev–Trinajstić information content (AvgIpc) is 3.21. The van der Waals surface area contributed by atoms with Crippen molar-refractivity contribution < 1.29 is 18.0 Å². The second kappa shape index (κ2) is 8.05. The molecule has 0 saturated heterocycles. The van der Waals surface area contributed by atoms with Crippen LogP contribution in [0.15, 0.2) is 85.0 Å². The van der Waals surface area contributed by atoms with Gasteiger partial charge in [-0.05, 0) is 48.0 Å². The van der Waals surface area contributed by atoms with E-state index in [2.05, 4.69) is 15.9 Å². The number of hydrogen-bond acceptors (Lipinski definition) is 4. The van der Waals surface area contributed by atoms with Gasteiger partial charge < -0.3 is 13.7 Å². The van der Waals surface area contributed by atoms with E-state index in [0.29, 0.717) is 16.7 Å². The van der Waals surface area contributed by atoms with Gasteiger partial charge in [0, 0.05) is 17.1 Å². The third-order valence-electron chi connectivity index (χ3n) is 4.40. The maximum atomic E-state index is 13.2. The molecule has 1 amide bonds. The number of amides is 1. The van der Waals surface area contributed by atoms with Gasteiger partial charge in [-0.2, -0.15) is 0 Å². The molecule has 0 atom stereocenters. The summed E-state index contributed by atoms with van der Waals surface area (Å²) in [5.41, 5.74) is 0.744. The molecule has 146 valence electrons. The Balaban J connectivity index is 1.71. The summed E-state index contributed by atoms with van der Waals surface area (Å²) in [6.07, 6.45) is 1.52. The van der Waals surface area contributed by atoms with E-state index in [9.17, 15) is 14.0 Å². The van der Waals surface area contributed by atoms with Crippen LogP contribution in [0, 0.1) is 5.82 Å². The molecule has 4 aromatic rings. The number of rotatable bonds is 5. The molecule has 0 bridgehead atoms. The highest BCUT2D eigenvalue weighted by atomic mass is 79.9. The van der Waals surface area contributed by atoms with Gasteiger partial charge in [-0.15, -0.1) is 0 Å². The molecule has 0 aliphatic heterocycles. The van der Waals surface area contributed by atoms with E-state index in [1.54, 1.807) is 42.5 Å². The standard InChI is InChI=1S/C22H15BrFNO4/c23-15-5-8-18-19(26)11-21(29-20(18)10-15)22(27)25(13-17-2-1-9-28-17)12-14-3-6-16(24)7-4-14/h1-11H,12-13H2. The van der Waals surface area contributed by atoms with Crippen molar-refractivity contribution in [2.45, 2.75) is 13.1 Å². The van der Waals surface area contributed by atoms with E-state index in [-0.39, 0.29) is 30.1 Å². The van der Waals surface area contributed by atoms with Crippen molar-refractivity contribution in [3.8, 4) is 0 Å². The van der Waals surface area contributed by atoms with Gasteiger partial charge >= 0.3 is 0 Å². The molecule has 0 aliphatic rings. The van der Waals surface area contributed by atoms with Crippen molar-refractivity contribution in [3.63, 3.8) is 0 Å². The first-order chi connectivity index (χ1) is 14.0. The molecular weight excluding hydrogens is 441 g/mol. The van der Waals surface area contributed by atoms with E-state index in [1.165, 1.54) is 29.4 Å². The van der Waals surface area contributed by atoms with Gasteiger partial charge in [0.1, 0.15) is 17.2 Å². The fraction of sp³-hybridized carbons (Fsp3) is 0.0909. The zero-order valence-corrected chi connectivity index (χ0v) is 16.7. The number of benzene rings is 2. The van der Waals surface area contributed by atoms with Crippen LogP contribution in [-0.2, 0) is 13.1 Å². The molecule has 0 fully saturated rings. The summed E-state index contributed by atoms with van der Waals surface area (Å²) in [5.74, 6) is -0.325. The molecule has 0 unspecified atom stereocenters. The van der Waals surface area contributed by atoms with Crippen molar-refractivity contribution >= 4 is 32.8 Å². The molecule has 5 nitrogen and oxygen atoms in total. The van der Waals surface area contributed by atoms with Crippen LogP contribution in [0.5, 0.6) is 0 Å². The largest absolute Gasteiger partial charge is 0.467 e. The summed E-state index contributed by atoms with van der Waals surface area (Å²) < 4.78 is 25.1. The Morgan fingerprint density at radius 2 is 1.83 bits per heavy atom.